The van der Waals surface area contributed by atoms with Gasteiger partial charge in [-0.1, -0.05) is 60.1 Å². The minimum absolute atomic E-state index is 0.116. The maximum Gasteiger partial charge on any atom is 0.251 e. The van der Waals surface area contributed by atoms with Crippen LogP contribution in [0.2, 0.25) is 5.02 Å². The average molecular weight is 484 g/mol. The third kappa shape index (κ3) is 2.32. The molecule has 0 aromatic heterocycles. The fourth-order valence-corrected chi connectivity index (χ4v) is 7.50. The Morgan fingerprint density at radius 3 is 2.43 bits per heavy atom. The molecule has 0 aliphatic carbocycles. The Labute approximate surface area is 207 Å². The number of halogens is 1. The van der Waals surface area contributed by atoms with E-state index in [0.717, 1.165) is 12.8 Å². The summed E-state index contributed by atoms with van der Waals surface area (Å²) in [6, 6.07) is 21.6. The Morgan fingerprint density at radius 1 is 0.886 bits per heavy atom. The van der Waals surface area contributed by atoms with E-state index in [0.29, 0.717) is 39.6 Å². The number of Topliss-reactive ketones (excluding diaryl/α,β-unsaturated/α-hetero) is 1. The third-order valence-electron chi connectivity index (χ3n) is 8.40. The van der Waals surface area contributed by atoms with Crippen LogP contribution in [0.3, 0.4) is 0 Å². The molecule has 4 aliphatic rings. The Hall–Kier alpha value is -3.48. The molecular weight excluding hydrogens is 462 g/mol. The lowest BCUT2D eigenvalue weighted by Gasteiger charge is -2.43. The van der Waals surface area contributed by atoms with Crippen molar-refractivity contribution in [3.8, 4) is 0 Å². The largest absolute Gasteiger partial charge is 0.325 e. The van der Waals surface area contributed by atoms with Crippen LogP contribution in [-0.4, -0.2) is 35.1 Å². The fourth-order valence-electron chi connectivity index (χ4n) is 7.33. The number of nitrogens with one attached hydrogen (secondary N) is 2. The van der Waals surface area contributed by atoms with Gasteiger partial charge in [0, 0.05) is 33.6 Å². The number of rotatable bonds is 2. The van der Waals surface area contributed by atoms with Gasteiger partial charge in [0.15, 0.2) is 5.78 Å². The SMILES string of the molecule is O=C(c1ccccc1)[C@H]1[C@H]2CCCN2[C@]2(C(=O)Nc3ccc(Cl)cc32)[C@]12C(=O)Nc1ccccc12. The molecule has 0 saturated carbocycles. The second-order valence-corrected chi connectivity index (χ2v) is 10.2. The highest BCUT2D eigenvalue weighted by atomic mass is 35.5. The Morgan fingerprint density at radius 2 is 1.60 bits per heavy atom. The number of nitrogens with zero attached hydrogens (tertiary/aromatic N) is 1. The number of para-hydroxylation sites is 1. The van der Waals surface area contributed by atoms with Gasteiger partial charge >= 0.3 is 0 Å². The van der Waals surface area contributed by atoms with Crippen molar-refractivity contribution in [2.24, 2.45) is 5.92 Å². The summed E-state index contributed by atoms with van der Waals surface area (Å²) in [5.41, 5.74) is 0.347. The van der Waals surface area contributed by atoms with E-state index in [9.17, 15) is 14.4 Å². The molecule has 7 rings (SSSR count). The van der Waals surface area contributed by atoms with Crippen molar-refractivity contribution in [3.05, 3.63) is 94.5 Å². The van der Waals surface area contributed by atoms with Crippen molar-refractivity contribution < 1.29 is 14.4 Å². The van der Waals surface area contributed by atoms with Crippen LogP contribution in [0.1, 0.15) is 34.3 Å². The molecular formula is C28H22ClN3O3. The normalized spacial score (nSPS) is 30.3. The van der Waals surface area contributed by atoms with Gasteiger partial charge < -0.3 is 10.6 Å². The minimum atomic E-state index is -1.44. The van der Waals surface area contributed by atoms with E-state index in [1.807, 2.05) is 42.5 Å². The van der Waals surface area contributed by atoms with Crippen LogP contribution in [0.15, 0.2) is 72.8 Å². The van der Waals surface area contributed by atoms with Gasteiger partial charge in [-0.15, -0.1) is 0 Å². The molecule has 4 atom stereocenters. The van der Waals surface area contributed by atoms with Gasteiger partial charge in [-0.25, -0.2) is 0 Å². The van der Waals surface area contributed by atoms with Crippen LogP contribution < -0.4 is 10.6 Å². The molecule has 2 fully saturated rings. The molecule has 2 saturated heterocycles. The second kappa shape index (κ2) is 7.03. The Bertz CT molecular complexity index is 1440. The summed E-state index contributed by atoms with van der Waals surface area (Å²) in [5.74, 6) is -1.46. The maximum absolute atomic E-state index is 14.4. The summed E-state index contributed by atoms with van der Waals surface area (Å²) in [6.45, 7) is 0.611. The molecule has 7 heteroatoms. The highest BCUT2D eigenvalue weighted by Crippen LogP contribution is 2.67. The predicted molar refractivity (Wildman–Crippen MR) is 132 cm³/mol. The first kappa shape index (κ1) is 20.9. The summed E-state index contributed by atoms with van der Waals surface area (Å²) >= 11 is 6.48. The monoisotopic (exact) mass is 483 g/mol. The number of benzene rings is 3. The fraction of sp³-hybridized carbons (Fsp3) is 0.250. The third-order valence-corrected chi connectivity index (χ3v) is 8.63. The van der Waals surface area contributed by atoms with E-state index in [-0.39, 0.29) is 23.6 Å². The molecule has 2 spiro atoms. The first-order valence-electron chi connectivity index (χ1n) is 11.9. The first-order chi connectivity index (χ1) is 17.0. The predicted octanol–water partition coefficient (Wildman–Crippen LogP) is 4.35. The van der Waals surface area contributed by atoms with Crippen LogP contribution in [-0.2, 0) is 20.5 Å². The maximum atomic E-state index is 14.4. The van der Waals surface area contributed by atoms with Gasteiger partial charge in [-0.2, -0.15) is 0 Å². The summed E-state index contributed by atoms with van der Waals surface area (Å²) in [7, 11) is 0. The Kier molecular flexibility index (Phi) is 4.19. The lowest BCUT2D eigenvalue weighted by molar-refractivity contribution is -0.137. The quantitative estimate of drug-likeness (QED) is 0.531. The highest BCUT2D eigenvalue weighted by molar-refractivity contribution is 6.31. The van der Waals surface area contributed by atoms with Crippen LogP contribution in [0.25, 0.3) is 0 Å². The summed E-state index contributed by atoms with van der Waals surface area (Å²) in [5, 5.41) is 6.56. The van der Waals surface area contributed by atoms with Gasteiger partial charge in [0.1, 0.15) is 11.0 Å². The van der Waals surface area contributed by atoms with E-state index >= 15 is 0 Å². The Balaban J connectivity index is 1.61. The van der Waals surface area contributed by atoms with Crippen LogP contribution in [0.5, 0.6) is 0 Å². The topological polar surface area (TPSA) is 78.5 Å². The molecule has 4 heterocycles. The van der Waals surface area contributed by atoms with Crippen molar-refractivity contribution >= 4 is 40.6 Å². The van der Waals surface area contributed by atoms with E-state index in [2.05, 4.69) is 15.5 Å². The molecule has 2 amide bonds. The summed E-state index contributed by atoms with van der Waals surface area (Å²) in [6.07, 6.45) is 1.57. The minimum Gasteiger partial charge on any atom is -0.325 e. The number of fused-ring (bicyclic) bond motifs is 7. The van der Waals surface area contributed by atoms with Crippen molar-refractivity contribution in [2.45, 2.75) is 29.8 Å². The number of carbonyl (C=O) groups excluding carboxylic acids is 3. The molecule has 6 nitrogen and oxygen atoms in total. The van der Waals surface area contributed by atoms with Crippen molar-refractivity contribution in [2.75, 3.05) is 17.2 Å². The van der Waals surface area contributed by atoms with Crippen molar-refractivity contribution in [1.82, 2.24) is 4.90 Å². The number of ketones is 1. The van der Waals surface area contributed by atoms with E-state index in [1.54, 1.807) is 30.3 Å². The van der Waals surface area contributed by atoms with Gasteiger partial charge in [0.25, 0.3) is 5.91 Å². The smallest absolute Gasteiger partial charge is 0.251 e. The number of hydrogen-bond donors (Lipinski definition) is 2. The van der Waals surface area contributed by atoms with Gasteiger partial charge in [-0.3, -0.25) is 19.3 Å². The molecule has 0 radical (unpaired) electrons. The molecule has 4 aliphatic heterocycles. The van der Waals surface area contributed by atoms with Crippen molar-refractivity contribution in [1.29, 1.82) is 0 Å². The molecule has 174 valence electrons. The average Bonchev–Trinajstić information content (AvgIpc) is 3.58. The highest BCUT2D eigenvalue weighted by Gasteiger charge is 2.81. The number of anilines is 2. The molecule has 35 heavy (non-hydrogen) atoms. The number of carbonyl (C=O) groups is 3. The van der Waals surface area contributed by atoms with Gasteiger partial charge in [-0.05, 0) is 49.2 Å². The number of hydrogen-bond acceptors (Lipinski definition) is 4. The van der Waals surface area contributed by atoms with Crippen LogP contribution >= 0.6 is 11.6 Å². The van der Waals surface area contributed by atoms with Crippen LogP contribution in [0, 0.1) is 5.92 Å². The van der Waals surface area contributed by atoms with E-state index in [1.165, 1.54) is 0 Å². The molecule has 3 aromatic rings. The molecule has 3 aromatic carbocycles. The summed E-state index contributed by atoms with van der Waals surface area (Å²) < 4.78 is 0. The standard InChI is InChI=1S/C28H22ClN3O3/c29-17-12-13-21-19(15-17)28(26(35)31-21)27(18-9-4-5-10-20(18)30-25(27)34)23(22-11-6-14-32(22)28)24(33)16-7-2-1-3-8-16/h1-5,7-10,12-13,15,22-23H,6,11,14H2,(H,30,34)(H,31,35)/t22-,23-,27+,28-/m1/s1. The van der Waals surface area contributed by atoms with Gasteiger partial charge in [0.05, 0.1) is 5.92 Å². The lowest BCUT2D eigenvalue weighted by Crippen LogP contribution is -2.62. The van der Waals surface area contributed by atoms with E-state index in [4.69, 9.17) is 11.6 Å². The first-order valence-corrected chi connectivity index (χ1v) is 12.3. The molecule has 0 unspecified atom stereocenters. The summed E-state index contributed by atoms with van der Waals surface area (Å²) in [4.78, 5) is 45.1. The molecule has 2 N–H and O–H groups in total. The second-order valence-electron chi connectivity index (χ2n) is 9.77. The zero-order valence-corrected chi connectivity index (χ0v) is 19.5. The molecule has 0 bridgehead atoms. The number of amides is 2. The zero-order valence-electron chi connectivity index (χ0n) is 18.8. The van der Waals surface area contributed by atoms with Gasteiger partial charge in [0.2, 0.25) is 5.91 Å². The zero-order chi connectivity index (χ0) is 23.9. The lowest BCUT2D eigenvalue weighted by atomic mass is 9.57. The van der Waals surface area contributed by atoms with Crippen molar-refractivity contribution in [3.63, 3.8) is 0 Å². The van der Waals surface area contributed by atoms with E-state index < -0.39 is 16.9 Å². The van der Waals surface area contributed by atoms with Crippen LogP contribution in [0.4, 0.5) is 11.4 Å².